The molecule has 1 aliphatic heterocycles. The monoisotopic (exact) mass is 338 g/mol. The Hall–Kier alpha value is -2.19. The smallest absolute Gasteiger partial charge is 0.275 e. The lowest BCUT2D eigenvalue weighted by atomic mass is 10.1. The second-order valence-corrected chi connectivity index (χ2v) is 6.14. The van der Waals surface area contributed by atoms with Gasteiger partial charge >= 0.3 is 0 Å². The number of quaternary nitrogens is 1. The third kappa shape index (κ3) is 4.65. The molecule has 0 aromatic heterocycles. The Labute approximate surface area is 140 Å². The zero-order valence-corrected chi connectivity index (χ0v) is 14.3. The van der Waals surface area contributed by atoms with Crippen LogP contribution in [0.1, 0.15) is 31.9 Å². The van der Waals surface area contributed by atoms with Gasteiger partial charge in [0.25, 0.3) is 11.6 Å². The first-order valence-corrected chi connectivity index (χ1v) is 8.04. The van der Waals surface area contributed by atoms with Gasteiger partial charge < -0.3 is 19.7 Å². The fraction of sp³-hybridized carbons (Fsp3) is 0.562. The summed E-state index contributed by atoms with van der Waals surface area (Å²) in [5.41, 5.74) is 1.42. The molecule has 1 unspecified atom stereocenters. The van der Waals surface area contributed by atoms with Crippen LogP contribution in [-0.4, -0.2) is 36.8 Å². The summed E-state index contributed by atoms with van der Waals surface area (Å²) in [7, 11) is 0. The van der Waals surface area contributed by atoms with Crippen molar-refractivity contribution in [1.82, 2.24) is 5.32 Å². The molecule has 1 aliphatic rings. The number of amides is 1. The van der Waals surface area contributed by atoms with Crippen molar-refractivity contribution in [3.63, 3.8) is 0 Å². The van der Waals surface area contributed by atoms with Crippen molar-refractivity contribution < 1.29 is 24.1 Å². The van der Waals surface area contributed by atoms with Crippen LogP contribution in [0.15, 0.2) is 12.1 Å². The topological polar surface area (TPSA) is 95.1 Å². The van der Waals surface area contributed by atoms with Crippen LogP contribution in [0.2, 0.25) is 0 Å². The molecule has 132 valence electrons. The maximum Gasteiger partial charge on any atom is 0.275 e. The number of likely N-dealkylation sites (N-methyl/N-ethyl adjacent to an activating group) is 1. The predicted molar refractivity (Wildman–Crippen MR) is 86.7 cm³/mol. The molecule has 0 fully saturated rings. The number of carbonyl (C=O) groups is 1. The lowest BCUT2D eigenvalue weighted by Gasteiger charge is -2.23. The highest BCUT2D eigenvalue weighted by molar-refractivity contribution is 5.77. The zero-order chi connectivity index (χ0) is 17.7. The Morgan fingerprint density at radius 1 is 1.46 bits per heavy atom. The Morgan fingerprint density at radius 2 is 2.21 bits per heavy atom. The number of nitro groups is 1. The Kier molecular flexibility index (Phi) is 6.10. The van der Waals surface area contributed by atoms with Crippen molar-refractivity contribution in [2.45, 2.75) is 40.0 Å². The average molecular weight is 338 g/mol. The molecule has 0 aliphatic carbocycles. The number of rotatable bonds is 7. The number of nitrogens with zero attached hydrogens (tertiary/aromatic N) is 1. The number of nitrogens with one attached hydrogen (secondary N) is 2. The standard InChI is InChI=1S/C16H23N3O5/c1-4-18(8-15(20)17-11(2)3)7-12-5-14(19(21)22)6-13-9-23-10-24-16(12)13/h5-6,11H,4,7-10H2,1-3H3,(H,17,20)/p+1. The molecule has 1 amide bonds. The van der Waals surface area contributed by atoms with Crippen LogP contribution < -0.4 is 15.0 Å². The Bertz CT molecular complexity index is 618. The molecule has 2 rings (SSSR count). The van der Waals surface area contributed by atoms with Crippen LogP contribution in [0.5, 0.6) is 5.75 Å². The zero-order valence-electron chi connectivity index (χ0n) is 14.3. The molecule has 8 heteroatoms. The molecule has 1 heterocycles. The van der Waals surface area contributed by atoms with Gasteiger partial charge in [-0.25, -0.2) is 0 Å². The average Bonchev–Trinajstić information content (AvgIpc) is 2.53. The number of fused-ring (bicyclic) bond motifs is 1. The van der Waals surface area contributed by atoms with Crippen LogP contribution in [-0.2, 0) is 22.7 Å². The molecule has 0 saturated carbocycles. The van der Waals surface area contributed by atoms with E-state index in [0.29, 0.717) is 31.0 Å². The number of hydrogen-bond acceptors (Lipinski definition) is 5. The summed E-state index contributed by atoms with van der Waals surface area (Å²) < 4.78 is 10.8. The molecule has 0 bridgehead atoms. The van der Waals surface area contributed by atoms with Gasteiger partial charge in [-0.05, 0) is 20.8 Å². The van der Waals surface area contributed by atoms with E-state index in [1.165, 1.54) is 12.1 Å². The summed E-state index contributed by atoms with van der Waals surface area (Å²) in [6, 6.07) is 3.09. The molecule has 0 spiro atoms. The molecule has 24 heavy (non-hydrogen) atoms. The number of nitro benzene ring substituents is 1. The van der Waals surface area contributed by atoms with Crippen molar-refractivity contribution in [2.24, 2.45) is 0 Å². The van der Waals surface area contributed by atoms with E-state index in [1.54, 1.807) is 0 Å². The molecule has 8 nitrogen and oxygen atoms in total. The van der Waals surface area contributed by atoms with Crippen molar-refractivity contribution in [3.05, 3.63) is 33.4 Å². The van der Waals surface area contributed by atoms with Crippen molar-refractivity contribution in [2.75, 3.05) is 19.9 Å². The van der Waals surface area contributed by atoms with Crippen molar-refractivity contribution in [3.8, 4) is 5.75 Å². The largest absolute Gasteiger partial charge is 0.467 e. The summed E-state index contributed by atoms with van der Waals surface area (Å²) >= 11 is 0. The summed E-state index contributed by atoms with van der Waals surface area (Å²) in [6.07, 6.45) is 0. The van der Waals surface area contributed by atoms with Gasteiger partial charge in [0.1, 0.15) is 12.3 Å². The maximum atomic E-state index is 12.0. The Balaban J connectivity index is 2.21. The van der Waals surface area contributed by atoms with Gasteiger partial charge in [0.05, 0.1) is 23.6 Å². The third-order valence-corrected chi connectivity index (χ3v) is 3.78. The minimum absolute atomic E-state index is 0.0138. The van der Waals surface area contributed by atoms with E-state index < -0.39 is 4.92 Å². The predicted octanol–water partition coefficient (Wildman–Crippen LogP) is 0.391. The van der Waals surface area contributed by atoms with Gasteiger partial charge in [0.15, 0.2) is 13.3 Å². The number of non-ortho nitro benzene ring substituents is 1. The first-order chi connectivity index (χ1) is 11.4. The van der Waals surface area contributed by atoms with E-state index >= 15 is 0 Å². The first kappa shape index (κ1) is 18.2. The van der Waals surface area contributed by atoms with Crippen LogP contribution in [0.3, 0.4) is 0 Å². The third-order valence-electron chi connectivity index (χ3n) is 3.78. The molecule has 1 atom stereocenters. The van der Waals surface area contributed by atoms with Gasteiger partial charge in [0, 0.05) is 23.7 Å². The minimum Gasteiger partial charge on any atom is -0.467 e. The lowest BCUT2D eigenvalue weighted by Crippen LogP contribution is -3.11. The van der Waals surface area contributed by atoms with Crippen LogP contribution in [0.4, 0.5) is 5.69 Å². The highest BCUT2D eigenvalue weighted by Gasteiger charge is 2.24. The van der Waals surface area contributed by atoms with Gasteiger partial charge in [-0.3, -0.25) is 14.9 Å². The summed E-state index contributed by atoms with van der Waals surface area (Å²) in [6.45, 7) is 7.73. The number of carbonyl (C=O) groups excluding carboxylic acids is 1. The second kappa shape index (κ2) is 8.07. The van der Waals surface area contributed by atoms with E-state index in [-0.39, 0.29) is 24.4 Å². The van der Waals surface area contributed by atoms with E-state index in [9.17, 15) is 14.9 Å². The van der Waals surface area contributed by atoms with Gasteiger partial charge in [-0.15, -0.1) is 0 Å². The minimum atomic E-state index is -0.421. The molecule has 0 saturated heterocycles. The van der Waals surface area contributed by atoms with Crippen LogP contribution in [0, 0.1) is 10.1 Å². The fourth-order valence-corrected chi connectivity index (χ4v) is 2.70. The molecule has 1 aromatic rings. The normalized spacial score (nSPS) is 14.7. The van der Waals surface area contributed by atoms with E-state index in [4.69, 9.17) is 9.47 Å². The number of ether oxygens (including phenoxy) is 2. The van der Waals surface area contributed by atoms with Gasteiger partial charge in [0.2, 0.25) is 0 Å². The Morgan fingerprint density at radius 3 is 2.83 bits per heavy atom. The molecule has 0 radical (unpaired) electrons. The maximum absolute atomic E-state index is 12.0. The van der Waals surface area contributed by atoms with Crippen LogP contribution >= 0.6 is 0 Å². The quantitative estimate of drug-likeness (QED) is 0.554. The van der Waals surface area contributed by atoms with Crippen LogP contribution in [0.25, 0.3) is 0 Å². The van der Waals surface area contributed by atoms with Gasteiger partial charge in [-0.2, -0.15) is 0 Å². The molecule has 2 N–H and O–H groups in total. The highest BCUT2D eigenvalue weighted by atomic mass is 16.7. The van der Waals surface area contributed by atoms with E-state index in [1.807, 2.05) is 20.8 Å². The highest BCUT2D eigenvalue weighted by Crippen LogP contribution is 2.32. The summed E-state index contributed by atoms with van der Waals surface area (Å²) in [5.74, 6) is 0.604. The lowest BCUT2D eigenvalue weighted by molar-refractivity contribution is -0.904. The first-order valence-electron chi connectivity index (χ1n) is 8.04. The SMILES string of the molecule is CC[NH+](CC(=O)NC(C)C)Cc1cc([N+](=O)[O-])cc2c1OCOC2. The van der Waals surface area contributed by atoms with E-state index in [2.05, 4.69) is 5.32 Å². The second-order valence-electron chi connectivity index (χ2n) is 6.14. The summed E-state index contributed by atoms with van der Waals surface area (Å²) in [5, 5.41) is 14.0. The molecular formula is C16H24N3O5+. The summed E-state index contributed by atoms with van der Waals surface area (Å²) in [4.78, 5) is 23.7. The van der Waals surface area contributed by atoms with E-state index in [0.717, 1.165) is 17.0 Å². The number of benzene rings is 1. The van der Waals surface area contributed by atoms with Crippen molar-refractivity contribution in [1.29, 1.82) is 0 Å². The molecular weight excluding hydrogens is 314 g/mol. The molecule has 1 aromatic carbocycles. The fourth-order valence-electron chi connectivity index (χ4n) is 2.70. The number of hydrogen-bond donors (Lipinski definition) is 2. The van der Waals surface area contributed by atoms with Crippen molar-refractivity contribution >= 4 is 11.6 Å². The van der Waals surface area contributed by atoms with Gasteiger partial charge in [-0.1, -0.05) is 0 Å².